The van der Waals surface area contributed by atoms with Crippen molar-refractivity contribution in [3.8, 4) is 11.1 Å². The molecule has 2 aliphatic rings. The van der Waals surface area contributed by atoms with Crippen LogP contribution < -0.4 is 15.5 Å². The fourth-order valence-corrected chi connectivity index (χ4v) is 4.14. The number of rotatable bonds is 2. The first-order valence-corrected chi connectivity index (χ1v) is 9.70. The quantitative estimate of drug-likeness (QED) is 0.715. The summed E-state index contributed by atoms with van der Waals surface area (Å²) in [5.41, 5.74) is 7.87. The van der Waals surface area contributed by atoms with Gasteiger partial charge in [-0.2, -0.15) is 5.10 Å². The first-order chi connectivity index (χ1) is 13.6. The number of aromatic nitrogens is 2. The normalized spacial score (nSPS) is 18.1. The molecular weight excluding hydrogens is 350 g/mol. The lowest BCUT2D eigenvalue weighted by atomic mass is 9.96. The third-order valence-electron chi connectivity index (χ3n) is 5.58. The molecule has 0 saturated carbocycles. The number of benzene rings is 2. The lowest BCUT2D eigenvalue weighted by molar-refractivity contribution is -0.116. The molecule has 2 aromatic carbocycles. The van der Waals surface area contributed by atoms with E-state index in [1.807, 2.05) is 43.2 Å². The van der Waals surface area contributed by atoms with Gasteiger partial charge in [-0.3, -0.25) is 9.48 Å². The van der Waals surface area contributed by atoms with Gasteiger partial charge in [-0.25, -0.2) is 0 Å². The Morgan fingerprint density at radius 1 is 1.14 bits per heavy atom. The molecule has 28 heavy (non-hydrogen) atoms. The third kappa shape index (κ3) is 2.72. The minimum Gasteiger partial charge on any atom is -0.370 e. The van der Waals surface area contributed by atoms with Crippen molar-refractivity contribution in [2.24, 2.45) is 7.05 Å². The largest absolute Gasteiger partial charge is 0.370 e. The molecule has 5 rings (SSSR count). The van der Waals surface area contributed by atoms with Crippen molar-refractivity contribution in [1.29, 1.82) is 0 Å². The molecule has 0 saturated heterocycles. The van der Waals surface area contributed by atoms with Gasteiger partial charge in [0.1, 0.15) is 6.04 Å². The van der Waals surface area contributed by atoms with E-state index in [1.165, 1.54) is 16.8 Å². The van der Waals surface area contributed by atoms with Crippen molar-refractivity contribution in [2.45, 2.75) is 25.8 Å². The highest BCUT2D eigenvalue weighted by molar-refractivity contribution is 6.05. The molecule has 3 heterocycles. The van der Waals surface area contributed by atoms with Crippen molar-refractivity contribution < 1.29 is 4.79 Å². The van der Waals surface area contributed by atoms with Gasteiger partial charge in [0, 0.05) is 31.0 Å². The first kappa shape index (κ1) is 16.9. The number of hydrogen-bond donors (Lipinski definition) is 2. The lowest BCUT2D eigenvalue weighted by Crippen LogP contribution is -2.37. The minimum atomic E-state index is -0.245. The number of hydrogen-bond acceptors (Lipinski definition) is 4. The second-order valence-electron chi connectivity index (χ2n) is 7.56. The van der Waals surface area contributed by atoms with Crippen LogP contribution in [0.15, 0.2) is 48.8 Å². The molecule has 142 valence electrons. The fraction of sp³-hybridized carbons (Fsp3) is 0.273. The molecule has 1 amide bonds. The van der Waals surface area contributed by atoms with Crippen LogP contribution in [0.3, 0.4) is 0 Å². The zero-order valence-corrected chi connectivity index (χ0v) is 16.1. The van der Waals surface area contributed by atoms with Crippen molar-refractivity contribution >= 4 is 28.7 Å². The van der Waals surface area contributed by atoms with E-state index in [9.17, 15) is 4.79 Å². The average molecular weight is 373 g/mol. The highest BCUT2D eigenvalue weighted by atomic mass is 16.2. The molecule has 3 aromatic rings. The average Bonchev–Trinajstić information content (AvgIpc) is 3.14. The van der Waals surface area contributed by atoms with Crippen molar-refractivity contribution in [3.63, 3.8) is 0 Å². The van der Waals surface area contributed by atoms with Gasteiger partial charge in [0.15, 0.2) is 0 Å². The second kappa shape index (κ2) is 6.41. The van der Waals surface area contributed by atoms with E-state index in [-0.39, 0.29) is 11.9 Å². The molecule has 1 atom stereocenters. The molecular formula is C22H23N5O. The summed E-state index contributed by atoms with van der Waals surface area (Å²) in [5, 5.41) is 10.7. The monoisotopic (exact) mass is 373 g/mol. The summed E-state index contributed by atoms with van der Waals surface area (Å²) < 4.78 is 1.83. The minimum absolute atomic E-state index is 0.00445. The van der Waals surface area contributed by atoms with Gasteiger partial charge >= 0.3 is 0 Å². The highest BCUT2D eigenvalue weighted by Gasteiger charge is 2.27. The molecule has 2 aliphatic heterocycles. The van der Waals surface area contributed by atoms with Gasteiger partial charge < -0.3 is 15.5 Å². The van der Waals surface area contributed by atoms with E-state index in [4.69, 9.17) is 0 Å². The number of nitrogens with one attached hydrogen (secondary N) is 2. The number of nitrogens with zero attached hydrogens (tertiary/aromatic N) is 3. The predicted molar refractivity (Wildman–Crippen MR) is 112 cm³/mol. The molecule has 0 aliphatic carbocycles. The standard InChI is InChI=1S/C22H23N5O/c1-14-22(28)25-18-6-3-7-20(21(18)24-14)27-10-4-5-16-11-15(8-9-19(16)27)17-12-23-26(2)13-17/h3,6-9,11-14,24H,4-5,10H2,1-2H3,(H,25,28)/t14-/m1/s1. The Balaban J connectivity index is 1.56. The topological polar surface area (TPSA) is 62.2 Å². The van der Waals surface area contributed by atoms with Crippen LogP contribution in [0.1, 0.15) is 18.9 Å². The molecule has 6 nitrogen and oxygen atoms in total. The number of anilines is 4. The fourth-order valence-electron chi connectivity index (χ4n) is 4.14. The summed E-state index contributed by atoms with van der Waals surface area (Å²) >= 11 is 0. The molecule has 1 aromatic heterocycles. The summed E-state index contributed by atoms with van der Waals surface area (Å²) in [6.07, 6.45) is 6.11. The van der Waals surface area contributed by atoms with Crippen LogP contribution >= 0.6 is 0 Å². The Bertz CT molecular complexity index is 1070. The smallest absolute Gasteiger partial charge is 0.246 e. The summed E-state index contributed by atoms with van der Waals surface area (Å²) in [6, 6.07) is 12.5. The summed E-state index contributed by atoms with van der Waals surface area (Å²) in [4.78, 5) is 14.4. The lowest BCUT2D eigenvalue weighted by Gasteiger charge is -2.35. The number of fused-ring (bicyclic) bond motifs is 2. The van der Waals surface area contributed by atoms with Crippen LogP contribution in [0.5, 0.6) is 0 Å². The third-order valence-corrected chi connectivity index (χ3v) is 5.58. The van der Waals surface area contributed by atoms with E-state index in [0.717, 1.165) is 42.0 Å². The molecule has 0 unspecified atom stereocenters. The molecule has 0 bridgehead atoms. The van der Waals surface area contributed by atoms with Gasteiger partial charge in [-0.1, -0.05) is 12.1 Å². The Kier molecular flexibility index (Phi) is 3.86. The maximum Gasteiger partial charge on any atom is 0.246 e. The number of aryl methyl sites for hydroxylation is 2. The van der Waals surface area contributed by atoms with Gasteiger partial charge in [0.05, 0.1) is 23.3 Å². The van der Waals surface area contributed by atoms with Gasteiger partial charge in [-0.15, -0.1) is 0 Å². The van der Waals surface area contributed by atoms with Crippen molar-refractivity contribution in [2.75, 3.05) is 22.1 Å². The van der Waals surface area contributed by atoms with Crippen LogP contribution in [0.25, 0.3) is 11.1 Å². The summed E-state index contributed by atoms with van der Waals surface area (Å²) in [5.74, 6) is 0.00445. The zero-order valence-electron chi connectivity index (χ0n) is 16.1. The Morgan fingerprint density at radius 3 is 2.86 bits per heavy atom. The van der Waals surface area contributed by atoms with Crippen LogP contribution in [0.2, 0.25) is 0 Å². The van der Waals surface area contributed by atoms with E-state index in [1.54, 1.807) is 0 Å². The van der Waals surface area contributed by atoms with Crippen LogP contribution in [-0.4, -0.2) is 28.3 Å². The summed E-state index contributed by atoms with van der Waals surface area (Å²) in [7, 11) is 1.94. The Labute approximate surface area is 164 Å². The molecule has 6 heteroatoms. The first-order valence-electron chi connectivity index (χ1n) is 9.70. The Morgan fingerprint density at radius 2 is 2.04 bits per heavy atom. The van der Waals surface area contributed by atoms with E-state index < -0.39 is 0 Å². The SMILES string of the molecule is C[C@H]1Nc2c(cccc2N2CCCc3cc(-c4cnn(C)c4)ccc32)NC1=O. The number of carbonyl (C=O) groups excluding carboxylic acids is 1. The van der Waals surface area contributed by atoms with Crippen LogP contribution in [0, 0.1) is 0 Å². The predicted octanol–water partition coefficient (Wildman–Crippen LogP) is 3.92. The summed E-state index contributed by atoms with van der Waals surface area (Å²) in [6.45, 7) is 2.85. The molecule has 0 spiro atoms. The van der Waals surface area contributed by atoms with Crippen LogP contribution in [0.4, 0.5) is 22.7 Å². The second-order valence-corrected chi connectivity index (χ2v) is 7.56. The zero-order chi connectivity index (χ0) is 19.3. The maximum atomic E-state index is 12.0. The van der Waals surface area contributed by atoms with Crippen molar-refractivity contribution in [3.05, 3.63) is 54.4 Å². The number of carbonyl (C=O) groups is 1. The van der Waals surface area contributed by atoms with E-state index in [0.29, 0.717) is 0 Å². The van der Waals surface area contributed by atoms with Crippen molar-refractivity contribution in [1.82, 2.24) is 9.78 Å². The number of amides is 1. The van der Waals surface area contributed by atoms with E-state index in [2.05, 4.69) is 44.9 Å². The number of para-hydroxylation sites is 1. The molecule has 0 fully saturated rings. The van der Waals surface area contributed by atoms with Gasteiger partial charge in [-0.05, 0) is 55.2 Å². The highest BCUT2D eigenvalue weighted by Crippen LogP contribution is 2.43. The molecule has 0 radical (unpaired) electrons. The van der Waals surface area contributed by atoms with Gasteiger partial charge in [0.2, 0.25) is 5.91 Å². The molecule has 2 N–H and O–H groups in total. The van der Waals surface area contributed by atoms with Gasteiger partial charge in [0.25, 0.3) is 0 Å². The Hall–Kier alpha value is -3.28. The van der Waals surface area contributed by atoms with E-state index >= 15 is 0 Å². The van der Waals surface area contributed by atoms with Crippen LogP contribution in [-0.2, 0) is 18.3 Å². The maximum absolute atomic E-state index is 12.0.